The number of benzene rings is 1. The minimum atomic E-state index is -0.941. The zero-order valence-corrected chi connectivity index (χ0v) is 11.3. The first-order chi connectivity index (χ1) is 9.00. The van der Waals surface area contributed by atoms with E-state index in [2.05, 4.69) is 10.6 Å². The third kappa shape index (κ3) is 5.52. The van der Waals surface area contributed by atoms with Crippen LogP contribution in [-0.2, 0) is 11.2 Å². The van der Waals surface area contributed by atoms with Gasteiger partial charge in [-0.05, 0) is 18.1 Å². The van der Waals surface area contributed by atoms with E-state index in [1.807, 2.05) is 13.8 Å². The molecule has 0 aliphatic carbocycles. The van der Waals surface area contributed by atoms with Crippen LogP contribution >= 0.6 is 0 Å². The molecule has 1 rings (SSSR count). The van der Waals surface area contributed by atoms with Crippen molar-refractivity contribution in [3.8, 4) is 0 Å². The van der Waals surface area contributed by atoms with Crippen LogP contribution in [0.25, 0.3) is 0 Å². The van der Waals surface area contributed by atoms with Crippen molar-refractivity contribution in [3.05, 3.63) is 35.4 Å². The van der Waals surface area contributed by atoms with E-state index >= 15 is 0 Å². The number of hydrogen-bond acceptors (Lipinski definition) is 3. The molecule has 0 saturated carbocycles. The molecule has 0 bridgehead atoms. The fourth-order valence-electron chi connectivity index (χ4n) is 1.64. The van der Waals surface area contributed by atoms with E-state index in [0.717, 1.165) is 5.56 Å². The molecular formula is C14H20N2O3. The topological polar surface area (TPSA) is 78.4 Å². The van der Waals surface area contributed by atoms with Crippen LogP contribution in [0.1, 0.15) is 29.8 Å². The maximum atomic E-state index is 11.5. The Morgan fingerprint density at radius 1 is 1.26 bits per heavy atom. The third-order valence-electron chi connectivity index (χ3n) is 2.64. The highest BCUT2D eigenvalue weighted by Crippen LogP contribution is 2.08. The van der Waals surface area contributed by atoms with Gasteiger partial charge in [0.05, 0.1) is 12.1 Å². The van der Waals surface area contributed by atoms with Crippen LogP contribution in [0.3, 0.4) is 0 Å². The maximum absolute atomic E-state index is 11.5. The van der Waals surface area contributed by atoms with Gasteiger partial charge in [-0.1, -0.05) is 32.0 Å². The first-order valence-electron chi connectivity index (χ1n) is 6.32. The predicted octanol–water partition coefficient (Wildman–Crippen LogP) is 1.04. The summed E-state index contributed by atoms with van der Waals surface area (Å²) in [6, 6.07) is 7.09. The molecule has 1 amide bonds. The summed E-state index contributed by atoms with van der Waals surface area (Å²) < 4.78 is 0. The maximum Gasteiger partial charge on any atom is 0.335 e. The third-order valence-corrected chi connectivity index (χ3v) is 2.64. The normalized spacial score (nSPS) is 10.5. The van der Waals surface area contributed by atoms with Crippen molar-refractivity contribution < 1.29 is 14.7 Å². The Morgan fingerprint density at radius 3 is 2.58 bits per heavy atom. The van der Waals surface area contributed by atoms with E-state index in [4.69, 9.17) is 5.11 Å². The lowest BCUT2D eigenvalue weighted by Gasteiger charge is -2.09. The van der Waals surface area contributed by atoms with Crippen molar-refractivity contribution in [3.63, 3.8) is 0 Å². The number of hydrogen-bond donors (Lipinski definition) is 3. The van der Waals surface area contributed by atoms with Crippen LogP contribution in [0.5, 0.6) is 0 Å². The molecule has 0 aromatic heterocycles. The predicted molar refractivity (Wildman–Crippen MR) is 73.3 cm³/mol. The van der Waals surface area contributed by atoms with Gasteiger partial charge in [-0.3, -0.25) is 4.79 Å². The number of amides is 1. The van der Waals surface area contributed by atoms with Crippen LogP contribution in [0.15, 0.2) is 24.3 Å². The van der Waals surface area contributed by atoms with E-state index in [1.54, 1.807) is 24.3 Å². The minimum absolute atomic E-state index is 0.0819. The van der Waals surface area contributed by atoms with E-state index in [-0.39, 0.29) is 24.1 Å². The lowest BCUT2D eigenvalue weighted by molar-refractivity contribution is -0.120. The number of carbonyl (C=O) groups excluding carboxylic acids is 1. The van der Waals surface area contributed by atoms with E-state index in [0.29, 0.717) is 13.0 Å². The van der Waals surface area contributed by atoms with Crippen molar-refractivity contribution in [1.29, 1.82) is 0 Å². The lowest BCUT2D eigenvalue weighted by Crippen LogP contribution is -2.37. The molecule has 0 aliphatic rings. The van der Waals surface area contributed by atoms with Crippen molar-refractivity contribution >= 4 is 11.9 Å². The Bertz CT molecular complexity index is 444. The minimum Gasteiger partial charge on any atom is -0.478 e. The SMILES string of the molecule is CC(C)NCC(=O)NCCc1ccccc1C(=O)O. The monoisotopic (exact) mass is 264 g/mol. The molecule has 1 aromatic rings. The van der Waals surface area contributed by atoms with Crippen molar-refractivity contribution in [2.45, 2.75) is 26.3 Å². The van der Waals surface area contributed by atoms with Gasteiger partial charge in [0.2, 0.25) is 5.91 Å². The highest BCUT2D eigenvalue weighted by Gasteiger charge is 2.09. The number of rotatable bonds is 7. The summed E-state index contributed by atoms with van der Waals surface area (Å²) in [6.45, 7) is 4.65. The van der Waals surface area contributed by atoms with Crippen molar-refractivity contribution in [2.75, 3.05) is 13.1 Å². The number of carboxylic acid groups (broad SMARTS) is 1. The van der Waals surface area contributed by atoms with Gasteiger partial charge in [0.25, 0.3) is 0 Å². The average Bonchev–Trinajstić information content (AvgIpc) is 2.36. The summed E-state index contributed by atoms with van der Waals surface area (Å²) in [4.78, 5) is 22.5. The molecule has 0 saturated heterocycles. The Hall–Kier alpha value is -1.88. The molecule has 5 heteroatoms. The van der Waals surface area contributed by atoms with Crippen LogP contribution in [0.4, 0.5) is 0 Å². The molecule has 0 fully saturated rings. The smallest absolute Gasteiger partial charge is 0.335 e. The Balaban J connectivity index is 2.41. The second-order valence-electron chi connectivity index (χ2n) is 4.60. The first kappa shape index (κ1) is 15.2. The van der Waals surface area contributed by atoms with E-state index in [9.17, 15) is 9.59 Å². The standard InChI is InChI=1S/C14H20N2O3/c1-10(2)16-9-13(17)15-8-7-11-5-3-4-6-12(11)14(18)19/h3-6,10,16H,7-9H2,1-2H3,(H,15,17)(H,18,19). The zero-order valence-electron chi connectivity index (χ0n) is 11.3. The van der Waals surface area contributed by atoms with Gasteiger partial charge in [0.1, 0.15) is 0 Å². The van der Waals surface area contributed by atoms with E-state index < -0.39 is 5.97 Å². The highest BCUT2D eigenvalue weighted by molar-refractivity contribution is 5.89. The molecular weight excluding hydrogens is 244 g/mol. The molecule has 0 heterocycles. The molecule has 5 nitrogen and oxygen atoms in total. The summed E-state index contributed by atoms with van der Waals surface area (Å²) in [5.41, 5.74) is 1.02. The summed E-state index contributed by atoms with van der Waals surface area (Å²) in [7, 11) is 0. The molecule has 1 aromatic carbocycles. The molecule has 104 valence electrons. The number of carboxylic acids is 1. The molecule has 0 spiro atoms. The number of carbonyl (C=O) groups is 2. The van der Waals surface area contributed by atoms with Crippen molar-refractivity contribution in [2.24, 2.45) is 0 Å². The quantitative estimate of drug-likeness (QED) is 0.687. The summed E-state index contributed by atoms with van der Waals surface area (Å²) in [6.07, 6.45) is 0.510. The highest BCUT2D eigenvalue weighted by atomic mass is 16.4. The van der Waals surface area contributed by atoms with Crippen LogP contribution < -0.4 is 10.6 Å². The van der Waals surface area contributed by atoms with Gasteiger partial charge in [0.15, 0.2) is 0 Å². The zero-order chi connectivity index (χ0) is 14.3. The molecule has 0 aliphatic heterocycles. The number of nitrogens with one attached hydrogen (secondary N) is 2. The Labute approximate surface area is 113 Å². The second-order valence-corrected chi connectivity index (χ2v) is 4.60. The molecule has 19 heavy (non-hydrogen) atoms. The molecule has 3 N–H and O–H groups in total. The van der Waals surface area contributed by atoms with Gasteiger partial charge in [0, 0.05) is 12.6 Å². The second kappa shape index (κ2) is 7.53. The van der Waals surface area contributed by atoms with Gasteiger partial charge in [-0.25, -0.2) is 4.79 Å². The Kier molecular flexibility index (Phi) is 6.02. The Morgan fingerprint density at radius 2 is 1.95 bits per heavy atom. The van der Waals surface area contributed by atoms with Gasteiger partial charge < -0.3 is 15.7 Å². The molecule has 0 radical (unpaired) electrons. The van der Waals surface area contributed by atoms with Crippen LogP contribution in [0, 0.1) is 0 Å². The lowest BCUT2D eigenvalue weighted by atomic mass is 10.0. The van der Waals surface area contributed by atoms with E-state index in [1.165, 1.54) is 0 Å². The van der Waals surface area contributed by atoms with Crippen LogP contribution in [-0.4, -0.2) is 36.1 Å². The molecule has 0 unspecified atom stereocenters. The summed E-state index contributed by atoms with van der Waals surface area (Å²) in [5.74, 6) is -1.02. The average molecular weight is 264 g/mol. The van der Waals surface area contributed by atoms with Gasteiger partial charge >= 0.3 is 5.97 Å². The first-order valence-corrected chi connectivity index (χ1v) is 6.32. The molecule has 0 atom stereocenters. The van der Waals surface area contributed by atoms with Gasteiger partial charge in [-0.2, -0.15) is 0 Å². The summed E-state index contributed by atoms with van der Waals surface area (Å²) >= 11 is 0. The van der Waals surface area contributed by atoms with Crippen LogP contribution in [0.2, 0.25) is 0 Å². The largest absolute Gasteiger partial charge is 0.478 e. The van der Waals surface area contributed by atoms with Crippen molar-refractivity contribution in [1.82, 2.24) is 10.6 Å². The number of aromatic carboxylic acids is 1. The summed E-state index contributed by atoms with van der Waals surface area (Å²) in [5, 5.41) is 14.8. The fourth-order valence-corrected chi connectivity index (χ4v) is 1.64. The fraction of sp³-hybridized carbons (Fsp3) is 0.429. The van der Waals surface area contributed by atoms with Gasteiger partial charge in [-0.15, -0.1) is 0 Å².